The highest BCUT2D eigenvalue weighted by Gasteiger charge is 1.86. The molecule has 0 atom stereocenters. The van der Waals surface area contributed by atoms with Gasteiger partial charge in [0.1, 0.15) is 6.33 Å². The fourth-order valence-electron chi connectivity index (χ4n) is 0.460. The van der Waals surface area contributed by atoms with Gasteiger partial charge in [-0.3, -0.25) is 0 Å². The zero-order chi connectivity index (χ0) is 13.4. The third-order valence-electron chi connectivity index (χ3n) is 1.32. The summed E-state index contributed by atoms with van der Waals surface area (Å²) in [6.45, 7) is 18.7. The van der Waals surface area contributed by atoms with E-state index in [2.05, 4.69) is 23.1 Å². The molecule has 0 unspecified atom stereocenters. The molecule has 1 aromatic rings. The average Bonchev–Trinajstić information content (AvgIpc) is 2.38. The van der Waals surface area contributed by atoms with Crippen LogP contribution in [-0.2, 0) is 0 Å². The molecule has 1 rings (SSSR count). The first-order valence-corrected chi connectivity index (χ1v) is 5.69. The molecule has 0 N–H and O–H groups in total. The van der Waals surface area contributed by atoms with Crippen LogP contribution < -0.4 is 0 Å². The van der Waals surface area contributed by atoms with E-state index in [0.717, 1.165) is 11.3 Å². The van der Waals surface area contributed by atoms with E-state index in [9.17, 15) is 0 Å². The number of allylic oxidation sites excluding steroid dienone is 2. The largest absolute Gasteiger partial charge is 0.245 e. The Morgan fingerprint density at radius 1 is 1.00 bits per heavy atom. The van der Waals surface area contributed by atoms with E-state index in [1.807, 2.05) is 47.7 Å². The van der Waals surface area contributed by atoms with Gasteiger partial charge in [0.05, 0.1) is 0 Å². The first kappa shape index (κ1) is 20.0. The van der Waals surface area contributed by atoms with E-state index in [1.54, 1.807) is 18.5 Å². The molecule has 2 heteroatoms. The summed E-state index contributed by atoms with van der Waals surface area (Å²) < 4.78 is 0. The molecule has 0 amide bonds. The second kappa shape index (κ2) is 19.2. The van der Waals surface area contributed by atoms with Crippen LogP contribution in [0.2, 0.25) is 0 Å². The Kier molecular flexibility index (Phi) is 24.0. The van der Waals surface area contributed by atoms with Crippen LogP contribution in [-0.4, -0.2) is 9.97 Å². The minimum atomic E-state index is 1.06. The van der Waals surface area contributed by atoms with Crippen LogP contribution in [0, 0.1) is 13.8 Å². The Bertz CT molecular complexity index is 228. The van der Waals surface area contributed by atoms with Crippen LogP contribution in [0.1, 0.15) is 39.0 Å². The number of hydrogen-bond donors (Lipinski definition) is 0. The lowest BCUT2D eigenvalue weighted by Gasteiger charge is -1.91. The van der Waals surface area contributed by atoms with Gasteiger partial charge in [-0.15, -0.1) is 0 Å². The van der Waals surface area contributed by atoms with E-state index >= 15 is 0 Å². The zero-order valence-corrected chi connectivity index (χ0v) is 11.6. The highest BCUT2D eigenvalue weighted by Crippen LogP contribution is 1.95. The van der Waals surface area contributed by atoms with Crippen molar-refractivity contribution in [3.63, 3.8) is 0 Å². The van der Waals surface area contributed by atoms with E-state index < -0.39 is 0 Å². The number of rotatable bonds is 1. The predicted octanol–water partition coefficient (Wildman–Crippen LogP) is 4.50. The van der Waals surface area contributed by atoms with Crippen molar-refractivity contribution in [3.05, 3.63) is 49.1 Å². The third kappa shape index (κ3) is 15.1. The molecule has 0 aliphatic heterocycles. The summed E-state index contributed by atoms with van der Waals surface area (Å²) in [6.07, 6.45) is 6.64. The summed E-state index contributed by atoms with van der Waals surface area (Å²) >= 11 is 0. The minimum absolute atomic E-state index is 1.06. The molecule has 0 aliphatic rings. The van der Waals surface area contributed by atoms with Crippen molar-refractivity contribution < 1.29 is 0 Å². The monoisotopic (exact) mass is 222 g/mol. The molecular formula is C14H26N2. The van der Waals surface area contributed by atoms with Crippen molar-refractivity contribution in [2.45, 2.75) is 41.5 Å². The molecule has 1 aromatic heterocycles. The molecule has 0 radical (unpaired) electrons. The molecular weight excluding hydrogens is 196 g/mol. The Hall–Kier alpha value is -1.44. The van der Waals surface area contributed by atoms with Crippen molar-refractivity contribution in [1.29, 1.82) is 0 Å². The van der Waals surface area contributed by atoms with Crippen LogP contribution >= 0.6 is 0 Å². The van der Waals surface area contributed by atoms with Gasteiger partial charge in [0, 0.05) is 11.9 Å². The maximum absolute atomic E-state index is 3.97. The van der Waals surface area contributed by atoms with Gasteiger partial charge in [-0.2, -0.15) is 0 Å². The molecule has 0 saturated carbocycles. The van der Waals surface area contributed by atoms with Crippen LogP contribution in [0.15, 0.2) is 37.8 Å². The normalized spacial score (nSPS) is 6.62. The number of aromatic nitrogens is 2. The third-order valence-corrected chi connectivity index (χ3v) is 1.32. The lowest BCUT2D eigenvalue weighted by molar-refractivity contribution is 1.06. The van der Waals surface area contributed by atoms with Gasteiger partial charge in [0.2, 0.25) is 0 Å². The van der Waals surface area contributed by atoms with Gasteiger partial charge in [0.25, 0.3) is 0 Å². The molecule has 2 nitrogen and oxygen atoms in total. The maximum Gasteiger partial charge on any atom is 0.115 e. The van der Waals surface area contributed by atoms with Crippen LogP contribution in [0.5, 0.6) is 0 Å². The molecule has 0 aliphatic carbocycles. The smallest absolute Gasteiger partial charge is 0.115 e. The molecule has 0 spiro atoms. The van der Waals surface area contributed by atoms with E-state index in [-0.39, 0.29) is 0 Å². The summed E-state index contributed by atoms with van der Waals surface area (Å²) in [4.78, 5) is 7.80. The predicted molar refractivity (Wildman–Crippen MR) is 74.6 cm³/mol. The molecule has 1 heterocycles. The standard InChI is InChI=1S/C6H8N2.C4H6.2C2H6/c1-5-3-7-4-8-6(5)2;1-3-4-2;2*1-2/h3-4H,1-2H3;3-4H,1-2H2;2*1-2H3. The minimum Gasteiger partial charge on any atom is -0.245 e. The fraction of sp³-hybridized carbons (Fsp3) is 0.429. The van der Waals surface area contributed by atoms with Crippen LogP contribution in [0.4, 0.5) is 0 Å². The summed E-state index contributed by atoms with van der Waals surface area (Å²) in [6, 6.07) is 0. The molecule has 0 fully saturated rings. The van der Waals surface area contributed by atoms with E-state index in [1.165, 1.54) is 0 Å². The Balaban J connectivity index is -0.000000181. The summed E-state index contributed by atoms with van der Waals surface area (Å²) in [5.41, 5.74) is 2.20. The van der Waals surface area contributed by atoms with Gasteiger partial charge in [-0.25, -0.2) is 9.97 Å². The topological polar surface area (TPSA) is 25.8 Å². The van der Waals surface area contributed by atoms with Crippen molar-refractivity contribution in [1.82, 2.24) is 9.97 Å². The maximum atomic E-state index is 3.97. The zero-order valence-electron chi connectivity index (χ0n) is 11.6. The molecule has 92 valence electrons. The van der Waals surface area contributed by atoms with E-state index in [0.29, 0.717) is 0 Å². The van der Waals surface area contributed by atoms with Crippen LogP contribution in [0.25, 0.3) is 0 Å². The van der Waals surface area contributed by atoms with Gasteiger partial charge in [-0.05, 0) is 19.4 Å². The number of hydrogen-bond acceptors (Lipinski definition) is 2. The molecule has 0 aromatic carbocycles. The average molecular weight is 222 g/mol. The van der Waals surface area contributed by atoms with Gasteiger partial charge < -0.3 is 0 Å². The van der Waals surface area contributed by atoms with Gasteiger partial charge >= 0.3 is 0 Å². The quantitative estimate of drug-likeness (QED) is 0.654. The number of aryl methyl sites for hydroxylation is 2. The fourth-order valence-corrected chi connectivity index (χ4v) is 0.460. The second-order valence-corrected chi connectivity index (χ2v) is 2.26. The molecule has 0 bridgehead atoms. The lowest BCUT2D eigenvalue weighted by atomic mass is 10.3. The summed E-state index contributed by atoms with van der Waals surface area (Å²) in [5.74, 6) is 0. The first-order valence-electron chi connectivity index (χ1n) is 5.69. The Morgan fingerprint density at radius 3 is 1.62 bits per heavy atom. The van der Waals surface area contributed by atoms with E-state index in [4.69, 9.17) is 0 Å². The summed E-state index contributed by atoms with van der Waals surface area (Å²) in [5, 5.41) is 0. The van der Waals surface area contributed by atoms with Crippen LogP contribution in [0.3, 0.4) is 0 Å². The number of nitrogens with zero attached hydrogens (tertiary/aromatic N) is 2. The first-order chi connectivity index (χ1) is 7.72. The molecule has 16 heavy (non-hydrogen) atoms. The molecule has 0 saturated heterocycles. The van der Waals surface area contributed by atoms with Gasteiger partial charge in [-0.1, -0.05) is 53.0 Å². The Labute approximate surface area is 101 Å². The second-order valence-electron chi connectivity index (χ2n) is 2.26. The van der Waals surface area contributed by atoms with Crippen molar-refractivity contribution in [3.8, 4) is 0 Å². The van der Waals surface area contributed by atoms with Crippen molar-refractivity contribution >= 4 is 0 Å². The highest BCUT2D eigenvalue weighted by atomic mass is 14.8. The van der Waals surface area contributed by atoms with Gasteiger partial charge in [0.15, 0.2) is 0 Å². The van der Waals surface area contributed by atoms with Crippen molar-refractivity contribution in [2.24, 2.45) is 0 Å². The highest BCUT2D eigenvalue weighted by molar-refractivity contribution is 5.10. The van der Waals surface area contributed by atoms with Crippen molar-refractivity contribution in [2.75, 3.05) is 0 Å². The SMILES string of the molecule is C=CC=C.CC.CC.Cc1cncnc1C. The summed E-state index contributed by atoms with van der Waals surface area (Å²) in [7, 11) is 0. The Morgan fingerprint density at radius 2 is 1.44 bits per heavy atom. The lowest BCUT2D eigenvalue weighted by Crippen LogP contribution is -1.85.